The Balaban J connectivity index is 2.28. The van der Waals surface area contributed by atoms with Gasteiger partial charge in [0.25, 0.3) is 0 Å². The number of aryl methyl sites for hydroxylation is 2. The Hall–Kier alpha value is -1.55. The van der Waals surface area contributed by atoms with Crippen LogP contribution in [-0.4, -0.2) is 5.78 Å². The highest BCUT2D eigenvalue weighted by Gasteiger charge is 2.15. The Labute approximate surface area is 124 Å². The minimum absolute atomic E-state index is 0.0118. The molecule has 20 heavy (non-hydrogen) atoms. The molecule has 0 unspecified atom stereocenters. The maximum Gasteiger partial charge on any atom is 0.170 e. The number of Topliss-reactive ketones (excluding diaryl/α,β-unsaturated/α-hetero) is 1. The average Bonchev–Trinajstić information content (AvgIpc) is 2.38. The van der Waals surface area contributed by atoms with Crippen molar-refractivity contribution in [2.45, 2.75) is 20.3 Å². The van der Waals surface area contributed by atoms with E-state index in [1.807, 2.05) is 32.0 Å². The molecule has 0 amide bonds. The molecule has 1 nitrogen and oxygen atoms in total. The van der Waals surface area contributed by atoms with E-state index in [1.165, 1.54) is 0 Å². The zero-order valence-corrected chi connectivity index (χ0v) is 12.7. The topological polar surface area (TPSA) is 17.1 Å². The van der Waals surface area contributed by atoms with Crippen LogP contribution in [0.4, 0.5) is 8.78 Å². The summed E-state index contributed by atoms with van der Waals surface area (Å²) in [4.78, 5) is 12.1. The van der Waals surface area contributed by atoms with E-state index in [0.717, 1.165) is 28.8 Å². The van der Waals surface area contributed by atoms with Crippen molar-refractivity contribution in [1.82, 2.24) is 0 Å². The molecule has 4 heteroatoms. The molecule has 0 heterocycles. The molecule has 2 aromatic carbocycles. The molecular formula is C16H13BrF2O. The number of ketones is 1. The van der Waals surface area contributed by atoms with Crippen LogP contribution in [0.25, 0.3) is 0 Å². The molecule has 0 bridgehead atoms. The monoisotopic (exact) mass is 338 g/mol. The van der Waals surface area contributed by atoms with E-state index in [4.69, 9.17) is 0 Å². The highest BCUT2D eigenvalue weighted by Crippen LogP contribution is 2.21. The molecule has 0 saturated carbocycles. The summed E-state index contributed by atoms with van der Waals surface area (Å²) in [5.41, 5.74) is 2.77. The van der Waals surface area contributed by atoms with E-state index < -0.39 is 17.4 Å². The lowest BCUT2D eigenvalue weighted by Gasteiger charge is -2.07. The minimum Gasteiger partial charge on any atom is -0.294 e. The zero-order chi connectivity index (χ0) is 14.9. The van der Waals surface area contributed by atoms with Crippen LogP contribution >= 0.6 is 15.9 Å². The van der Waals surface area contributed by atoms with E-state index in [9.17, 15) is 13.6 Å². The third-order valence-corrected chi connectivity index (χ3v) is 3.85. The number of halogens is 3. The molecule has 0 spiro atoms. The van der Waals surface area contributed by atoms with Crippen molar-refractivity contribution in [3.63, 3.8) is 0 Å². The fourth-order valence-electron chi connectivity index (χ4n) is 1.93. The first kappa shape index (κ1) is 14.9. The molecule has 0 aliphatic rings. The molecule has 0 radical (unpaired) electrons. The molecule has 0 atom stereocenters. The van der Waals surface area contributed by atoms with Crippen LogP contribution in [0.3, 0.4) is 0 Å². The van der Waals surface area contributed by atoms with Gasteiger partial charge in [0.1, 0.15) is 11.6 Å². The standard InChI is InChI=1S/C16H13BrF2O/c1-9-3-4-11(5-10(9)2)6-16(20)12-7-15(19)13(17)8-14(12)18/h3-5,7-8H,6H2,1-2H3. The Kier molecular flexibility index (Phi) is 4.33. The van der Waals surface area contributed by atoms with E-state index in [-0.39, 0.29) is 16.5 Å². The zero-order valence-electron chi connectivity index (χ0n) is 11.1. The van der Waals surface area contributed by atoms with Gasteiger partial charge in [-0.25, -0.2) is 8.78 Å². The summed E-state index contributed by atoms with van der Waals surface area (Å²) in [6, 6.07) is 7.54. The van der Waals surface area contributed by atoms with Gasteiger partial charge in [0.15, 0.2) is 5.78 Å². The molecule has 2 rings (SSSR count). The fraction of sp³-hybridized carbons (Fsp3) is 0.188. The number of hydrogen-bond acceptors (Lipinski definition) is 1. The van der Waals surface area contributed by atoms with Gasteiger partial charge < -0.3 is 0 Å². The largest absolute Gasteiger partial charge is 0.294 e. The van der Waals surface area contributed by atoms with Gasteiger partial charge in [0, 0.05) is 6.42 Å². The Bertz CT molecular complexity index is 680. The van der Waals surface area contributed by atoms with E-state index in [2.05, 4.69) is 15.9 Å². The molecule has 0 aliphatic heterocycles. The summed E-state index contributed by atoms with van der Waals surface area (Å²) in [6.45, 7) is 3.92. The van der Waals surface area contributed by atoms with Crippen LogP contribution in [0.5, 0.6) is 0 Å². The second-order valence-electron chi connectivity index (χ2n) is 4.76. The van der Waals surface area contributed by atoms with Gasteiger partial charge in [-0.05, 0) is 58.6 Å². The first-order valence-electron chi connectivity index (χ1n) is 6.12. The Morgan fingerprint density at radius 3 is 2.40 bits per heavy atom. The van der Waals surface area contributed by atoms with Crippen molar-refractivity contribution in [2.75, 3.05) is 0 Å². The lowest BCUT2D eigenvalue weighted by atomic mass is 9.99. The smallest absolute Gasteiger partial charge is 0.170 e. The second-order valence-corrected chi connectivity index (χ2v) is 5.62. The predicted octanol–water partition coefficient (Wildman–Crippen LogP) is 4.77. The maximum absolute atomic E-state index is 13.7. The Morgan fingerprint density at radius 1 is 1.05 bits per heavy atom. The lowest BCUT2D eigenvalue weighted by molar-refractivity contribution is 0.0988. The van der Waals surface area contributed by atoms with Crippen LogP contribution in [0, 0.1) is 25.5 Å². The molecule has 0 aromatic heterocycles. The third kappa shape index (κ3) is 3.12. The SMILES string of the molecule is Cc1ccc(CC(=O)c2cc(F)c(Br)cc2F)cc1C. The van der Waals surface area contributed by atoms with E-state index >= 15 is 0 Å². The van der Waals surface area contributed by atoms with E-state index in [0.29, 0.717) is 0 Å². The number of rotatable bonds is 3. The highest BCUT2D eigenvalue weighted by atomic mass is 79.9. The quantitative estimate of drug-likeness (QED) is 0.582. The summed E-state index contributed by atoms with van der Waals surface area (Å²) in [6.07, 6.45) is 0.0547. The summed E-state index contributed by atoms with van der Waals surface area (Å²) in [7, 11) is 0. The van der Waals surface area contributed by atoms with Crippen LogP contribution < -0.4 is 0 Å². The van der Waals surface area contributed by atoms with Gasteiger partial charge in [0.2, 0.25) is 0 Å². The van der Waals surface area contributed by atoms with Gasteiger partial charge in [-0.3, -0.25) is 4.79 Å². The molecule has 0 aliphatic carbocycles. The van der Waals surface area contributed by atoms with Gasteiger partial charge in [0.05, 0.1) is 10.0 Å². The van der Waals surface area contributed by atoms with E-state index in [1.54, 1.807) is 0 Å². The molecule has 104 valence electrons. The Morgan fingerprint density at radius 2 is 1.75 bits per heavy atom. The predicted molar refractivity (Wildman–Crippen MR) is 78.0 cm³/mol. The van der Waals surface area contributed by atoms with Crippen molar-refractivity contribution < 1.29 is 13.6 Å². The molecule has 0 N–H and O–H groups in total. The van der Waals surface area contributed by atoms with Gasteiger partial charge in [-0.15, -0.1) is 0 Å². The number of carbonyl (C=O) groups excluding carboxylic acids is 1. The molecular weight excluding hydrogens is 326 g/mol. The van der Waals surface area contributed by atoms with Gasteiger partial charge in [-0.1, -0.05) is 18.2 Å². The molecule has 0 fully saturated rings. The first-order valence-corrected chi connectivity index (χ1v) is 6.91. The van der Waals surface area contributed by atoms with Crippen LogP contribution in [-0.2, 0) is 6.42 Å². The highest BCUT2D eigenvalue weighted by molar-refractivity contribution is 9.10. The molecule has 0 saturated heterocycles. The normalized spacial score (nSPS) is 10.7. The van der Waals surface area contributed by atoms with Gasteiger partial charge >= 0.3 is 0 Å². The fourth-order valence-corrected chi connectivity index (χ4v) is 2.25. The minimum atomic E-state index is -0.716. The van der Waals surface area contributed by atoms with Crippen LogP contribution in [0.1, 0.15) is 27.0 Å². The summed E-state index contributed by atoms with van der Waals surface area (Å²) in [5.74, 6) is -1.79. The summed E-state index contributed by atoms with van der Waals surface area (Å²) >= 11 is 2.89. The number of hydrogen-bond donors (Lipinski definition) is 0. The third-order valence-electron chi connectivity index (χ3n) is 3.25. The first-order chi connectivity index (χ1) is 9.38. The van der Waals surface area contributed by atoms with Gasteiger partial charge in [-0.2, -0.15) is 0 Å². The lowest BCUT2D eigenvalue weighted by Crippen LogP contribution is -2.07. The van der Waals surface area contributed by atoms with Crippen molar-refractivity contribution in [3.05, 3.63) is 68.7 Å². The van der Waals surface area contributed by atoms with Crippen molar-refractivity contribution in [1.29, 1.82) is 0 Å². The van der Waals surface area contributed by atoms with Crippen LogP contribution in [0.2, 0.25) is 0 Å². The summed E-state index contributed by atoms with van der Waals surface area (Å²) in [5, 5.41) is 0. The number of carbonyl (C=O) groups is 1. The van der Waals surface area contributed by atoms with Crippen LogP contribution in [0.15, 0.2) is 34.8 Å². The van der Waals surface area contributed by atoms with Crippen molar-refractivity contribution in [2.24, 2.45) is 0 Å². The molecule has 2 aromatic rings. The number of benzene rings is 2. The summed E-state index contributed by atoms with van der Waals surface area (Å²) < 4.78 is 27.1. The average molecular weight is 339 g/mol. The second kappa shape index (κ2) is 5.83. The maximum atomic E-state index is 13.7. The van der Waals surface area contributed by atoms with Crippen molar-refractivity contribution in [3.8, 4) is 0 Å². The van der Waals surface area contributed by atoms with Crippen molar-refractivity contribution >= 4 is 21.7 Å².